The van der Waals surface area contributed by atoms with Crippen molar-refractivity contribution in [2.45, 2.75) is 20.8 Å². The highest BCUT2D eigenvalue weighted by Crippen LogP contribution is 2.32. The molecule has 1 aromatic rings. The minimum Gasteiger partial charge on any atom is -0.469 e. The van der Waals surface area contributed by atoms with Crippen molar-refractivity contribution >= 4 is 28.9 Å². The van der Waals surface area contributed by atoms with E-state index in [0.717, 1.165) is 29.2 Å². The van der Waals surface area contributed by atoms with Gasteiger partial charge in [0.05, 0.1) is 24.3 Å². The molecule has 2 N–H and O–H groups in total. The summed E-state index contributed by atoms with van der Waals surface area (Å²) in [5.74, 6) is -0.0576. The monoisotopic (exact) mass is 307 g/mol. The fraction of sp³-hybridized carbons (Fsp3) is 0.533. The number of aromatic nitrogens is 1. The Morgan fingerprint density at radius 2 is 2.14 bits per heavy atom. The third-order valence-electron chi connectivity index (χ3n) is 4.01. The van der Waals surface area contributed by atoms with E-state index in [1.54, 1.807) is 0 Å². The molecule has 2 atom stereocenters. The summed E-state index contributed by atoms with van der Waals surface area (Å²) in [6, 6.07) is 1.98. The third-order valence-corrected chi connectivity index (χ3v) is 4.22. The van der Waals surface area contributed by atoms with Gasteiger partial charge in [0.15, 0.2) is 0 Å². The first-order valence-corrected chi connectivity index (χ1v) is 7.36. The van der Waals surface area contributed by atoms with Crippen LogP contribution in [0.2, 0.25) is 0 Å². The number of hydrogen-bond donors (Lipinski definition) is 1. The Hall–Kier alpha value is -1.69. The molecule has 2 rings (SSSR count). The van der Waals surface area contributed by atoms with Crippen molar-refractivity contribution in [2.24, 2.45) is 17.6 Å². The minimum atomic E-state index is -0.163. The standard InChI is InChI=1S/C15H21N3O2S/c1-8-6-18(7-11(8)15(19)20-4)12-5-9(2)17-10(3)13(12)14(16)21/h5,8,11H,6-7H2,1-4H3,(H2,16,21). The van der Waals surface area contributed by atoms with Crippen molar-refractivity contribution < 1.29 is 9.53 Å². The van der Waals surface area contributed by atoms with Crippen molar-refractivity contribution in [2.75, 3.05) is 25.1 Å². The van der Waals surface area contributed by atoms with Gasteiger partial charge in [0.1, 0.15) is 4.99 Å². The van der Waals surface area contributed by atoms with Crippen LogP contribution in [0.3, 0.4) is 0 Å². The normalized spacial score (nSPS) is 21.4. The summed E-state index contributed by atoms with van der Waals surface area (Å²) in [5, 5.41) is 0. The number of carbonyl (C=O) groups is 1. The Kier molecular flexibility index (Phi) is 4.46. The van der Waals surface area contributed by atoms with Gasteiger partial charge in [-0.05, 0) is 25.8 Å². The highest BCUT2D eigenvalue weighted by Gasteiger charge is 2.36. The predicted octanol–water partition coefficient (Wildman–Crippen LogP) is 1.58. The van der Waals surface area contributed by atoms with Gasteiger partial charge in [0, 0.05) is 24.5 Å². The van der Waals surface area contributed by atoms with Crippen molar-refractivity contribution in [3.05, 3.63) is 23.0 Å². The highest BCUT2D eigenvalue weighted by atomic mass is 32.1. The van der Waals surface area contributed by atoms with Crippen LogP contribution in [0.25, 0.3) is 0 Å². The Labute approximate surface area is 130 Å². The number of carbonyl (C=O) groups excluding carboxylic acids is 1. The number of esters is 1. The van der Waals surface area contributed by atoms with Crippen LogP contribution in [-0.4, -0.2) is 36.1 Å². The lowest BCUT2D eigenvalue weighted by Crippen LogP contribution is -2.27. The summed E-state index contributed by atoms with van der Waals surface area (Å²) in [6.07, 6.45) is 0. The molecule has 114 valence electrons. The number of ether oxygens (including phenoxy) is 1. The van der Waals surface area contributed by atoms with Crippen LogP contribution in [0.1, 0.15) is 23.9 Å². The van der Waals surface area contributed by atoms with Crippen LogP contribution in [0, 0.1) is 25.7 Å². The Bertz CT molecular complexity index is 589. The van der Waals surface area contributed by atoms with Gasteiger partial charge in [-0.25, -0.2) is 0 Å². The van der Waals surface area contributed by atoms with Gasteiger partial charge < -0.3 is 15.4 Å². The molecule has 21 heavy (non-hydrogen) atoms. The fourth-order valence-corrected chi connectivity index (χ4v) is 3.24. The zero-order chi connectivity index (χ0) is 15.7. The number of methoxy groups -OCH3 is 1. The topological polar surface area (TPSA) is 68.5 Å². The van der Waals surface area contributed by atoms with E-state index in [1.807, 2.05) is 19.9 Å². The van der Waals surface area contributed by atoms with Crippen LogP contribution in [-0.2, 0) is 9.53 Å². The van der Waals surface area contributed by atoms with Crippen LogP contribution in [0.4, 0.5) is 5.69 Å². The number of pyridine rings is 1. The van der Waals surface area contributed by atoms with Gasteiger partial charge in [-0.2, -0.15) is 0 Å². The van der Waals surface area contributed by atoms with E-state index in [-0.39, 0.29) is 17.8 Å². The summed E-state index contributed by atoms with van der Waals surface area (Å²) >= 11 is 5.17. The van der Waals surface area contributed by atoms with E-state index in [4.69, 9.17) is 22.7 Å². The lowest BCUT2D eigenvalue weighted by atomic mass is 9.99. The number of nitrogens with zero attached hydrogens (tertiary/aromatic N) is 2. The van der Waals surface area contributed by atoms with Gasteiger partial charge in [-0.15, -0.1) is 0 Å². The maximum absolute atomic E-state index is 11.8. The lowest BCUT2D eigenvalue weighted by Gasteiger charge is -2.23. The van der Waals surface area contributed by atoms with Crippen molar-refractivity contribution in [3.8, 4) is 0 Å². The number of nitrogens with two attached hydrogens (primary N) is 1. The summed E-state index contributed by atoms with van der Waals surface area (Å²) < 4.78 is 4.89. The van der Waals surface area contributed by atoms with E-state index in [0.29, 0.717) is 11.5 Å². The molecular weight excluding hydrogens is 286 g/mol. The molecule has 0 spiro atoms. The average molecular weight is 307 g/mol. The molecule has 1 aliphatic heterocycles. The molecule has 0 bridgehead atoms. The van der Waals surface area contributed by atoms with E-state index >= 15 is 0 Å². The van der Waals surface area contributed by atoms with Gasteiger partial charge in [0.25, 0.3) is 0 Å². The molecule has 1 saturated heterocycles. The lowest BCUT2D eigenvalue weighted by molar-refractivity contribution is -0.145. The predicted molar refractivity (Wildman–Crippen MR) is 86.5 cm³/mol. The average Bonchev–Trinajstić information content (AvgIpc) is 2.78. The van der Waals surface area contributed by atoms with Gasteiger partial charge in [-0.1, -0.05) is 19.1 Å². The van der Waals surface area contributed by atoms with Crippen LogP contribution in [0.5, 0.6) is 0 Å². The molecule has 0 aromatic carbocycles. The van der Waals surface area contributed by atoms with E-state index in [1.165, 1.54) is 7.11 Å². The molecule has 1 aliphatic rings. The first-order chi connectivity index (χ1) is 9.85. The van der Waals surface area contributed by atoms with Crippen molar-refractivity contribution in [3.63, 3.8) is 0 Å². The quantitative estimate of drug-likeness (QED) is 0.675. The Balaban J connectivity index is 2.39. The number of hydrogen-bond acceptors (Lipinski definition) is 5. The van der Waals surface area contributed by atoms with E-state index in [2.05, 4.69) is 16.8 Å². The second-order valence-electron chi connectivity index (χ2n) is 5.62. The highest BCUT2D eigenvalue weighted by molar-refractivity contribution is 7.80. The molecule has 0 aliphatic carbocycles. The molecular formula is C15H21N3O2S. The smallest absolute Gasteiger partial charge is 0.310 e. The number of anilines is 1. The van der Waals surface area contributed by atoms with Gasteiger partial charge in [-0.3, -0.25) is 9.78 Å². The first-order valence-electron chi connectivity index (χ1n) is 6.96. The molecule has 1 fully saturated rings. The van der Waals surface area contributed by atoms with Crippen LogP contribution >= 0.6 is 12.2 Å². The zero-order valence-electron chi connectivity index (χ0n) is 12.8. The maximum atomic E-state index is 11.8. The number of aryl methyl sites for hydroxylation is 2. The van der Waals surface area contributed by atoms with Crippen LogP contribution < -0.4 is 10.6 Å². The molecule has 1 aromatic heterocycles. The SMILES string of the molecule is COC(=O)C1CN(c2cc(C)nc(C)c2C(N)=S)CC1C. The number of rotatable bonds is 3. The first kappa shape index (κ1) is 15.7. The molecule has 0 saturated carbocycles. The summed E-state index contributed by atoms with van der Waals surface area (Å²) in [4.78, 5) is 18.8. The second kappa shape index (κ2) is 5.97. The second-order valence-corrected chi connectivity index (χ2v) is 6.06. The summed E-state index contributed by atoms with van der Waals surface area (Å²) in [7, 11) is 1.43. The van der Waals surface area contributed by atoms with Gasteiger partial charge >= 0.3 is 5.97 Å². The minimum absolute atomic E-state index is 0.122. The molecule has 2 heterocycles. The molecule has 2 unspecified atom stereocenters. The fourth-order valence-electron chi connectivity index (χ4n) is 2.98. The number of thiocarbonyl (C=S) groups is 1. The van der Waals surface area contributed by atoms with E-state index in [9.17, 15) is 4.79 Å². The molecule has 5 nitrogen and oxygen atoms in total. The Morgan fingerprint density at radius 1 is 1.48 bits per heavy atom. The van der Waals surface area contributed by atoms with E-state index < -0.39 is 0 Å². The largest absolute Gasteiger partial charge is 0.469 e. The van der Waals surface area contributed by atoms with Gasteiger partial charge in [0.2, 0.25) is 0 Å². The molecule has 6 heteroatoms. The summed E-state index contributed by atoms with van der Waals surface area (Å²) in [6.45, 7) is 7.30. The molecule has 0 radical (unpaired) electrons. The molecule has 0 amide bonds. The van der Waals surface area contributed by atoms with Crippen molar-refractivity contribution in [1.82, 2.24) is 4.98 Å². The summed E-state index contributed by atoms with van der Waals surface area (Å²) in [5.41, 5.74) is 9.36. The maximum Gasteiger partial charge on any atom is 0.310 e. The third kappa shape index (κ3) is 3.00. The van der Waals surface area contributed by atoms with Crippen LogP contribution in [0.15, 0.2) is 6.07 Å². The zero-order valence-corrected chi connectivity index (χ0v) is 13.7. The van der Waals surface area contributed by atoms with Crippen molar-refractivity contribution in [1.29, 1.82) is 0 Å². The Morgan fingerprint density at radius 3 is 2.71 bits per heavy atom.